The molecule has 1 N–H and O–H groups in total. The van der Waals surface area contributed by atoms with E-state index in [0.29, 0.717) is 12.5 Å². The maximum absolute atomic E-state index is 5.78. The van der Waals surface area contributed by atoms with Crippen molar-refractivity contribution >= 4 is 0 Å². The summed E-state index contributed by atoms with van der Waals surface area (Å²) in [6.07, 6.45) is 2.55. The van der Waals surface area contributed by atoms with E-state index in [4.69, 9.17) is 14.7 Å². The van der Waals surface area contributed by atoms with E-state index in [9.17, 15) is 0 Å². The molecule has 18 heavy (non-hydrogen) atoms. The van der Waals surface area contributed by atoms with E-state index in [0.717, 1.165) is 18.9 Å². The van der Waals surface area contributed by atoms with Crippen LogP contribution < -0.4 is 5.32 Å². The van der Waals surface area contributed by atoms with Crippen molar-refractivity contribution in [3.63, 3.8) is 0 Å². The zero-order chi connectivity index (χ0) is 12.8. The quantitative estimate of drug-likeness (QED) is 0.886. The Labute approximate surface area is 108 Å². The Kier molecular flexibility index (Phi) is 2.87. The molecular formula is C14H21N3O. The van der Waals surface area contributed by atoms with Crippen molar-refractivity contribution in [2.24, 2.45) is 0 Å². The zero-order valence-electron chi connectivity index (χ0n) is 11.4. The number of rotatable bonds is 4. The third-order valence-corrected chi connectivity index (χ3v) is 3.73. The van der Waals surface area contributed by atoms with Crippen LogP contribution in [0.4, 0.5) is 0 Å². The third-order valence-electron chi connectivity index (χ3n) is 3.73. The fourth-order valence-electron chi connectivity index (χ4n) is 2.58. The lowest BCUT2D eigenvalue weighted by Gasteiger charge is -2.24. The van der Waals surface area contributed by atoms with Crippen LogP contribution in [0.2, 0.25) is 0 Å². The summed E-state index contributed by atoms with van der Waals surface area (Å²) in [6.45, 7) is 8.60. The fraction of sp³-hybridized carbons (Fsp3) is 0.714. The number of hydrogen-bond acceptors (Lipinski definition) is 4. The summed E-state index contributed by atoms with van der Waals surface area (Å²) in [6, 6.07) is 0. The lowest BCUT2D eigenvalue weighted by molar-refractivity contribution is -0.0211. The zero-order valence-corrected chi connectivity index (χ0v) is 11.4. The van der Waals surface area contributed by atoms with Gasteiger partial charge in [-0.2, -0.15) is 0 Å². The average molecular weight is 247 g/mol. The summed E-state index contributed by atoms with van der Waals surface area (Å²) in [5.41, 5.74) is 3.40. The molecule has 2 heterocycles. The summed E-state index contributed by atoms with van der Waals surface area (Å²) in [5.74, 6) is 1.51. The fourth-order valence-corrected chi connectivity index (χ4v) is 2.58. The first-order valence-electron chi connectivity index (χ1n) is 6.86. The van der Waals surface area contributed by atoms with Crippen LogP contribution in [0.5, 0.6) is 0 Å². The van der Waals surface area contributed by atoms with Gasteiger partial charge in [0.1, 0.15) is 5.60 Å². The van der Waals surface area contributed by atoms with Crippen LogP contribution in [-0.4, -0.2) is 16.6 Å². The van der Waals surface area contributed by atoms with Gasteiger partial charge in [-0.15, -0.1) is 0 Å². The topological polar surface area (TPSA) is 47.0 Å². The number of hydrogen-bond donors (Lipinski definition) is 1. The highest BCUT2D eigenvalue weighted by Crippen LogP contribution is 2.42. The van der Waals surface area contributed by atoms with E-state index < -0.39 is 5.60 Å². The first-order chi connectivity index (χ1) is 8.62. The van der Waals surface area contributed by atoms with Crippen molar-refractivity contribution in [3.05, 3.63) is 22.8 Å². The highest BCUT2D eigenvalue weighted by molar-refractivity contribution is 5.34. The van der Waals surface area contributed by atoms with Crippen LogP contribution in [0, 0.1) is 0 Å². The largest absolute Gasteiger partial charge is 0.368 e. The lowest BCUT2D eigenvalue weighted by atomic mass is 10.1. The van der Waals surface area contributed by atoms with Crippen molar-refractivity contribution in [1.29, 1.82) is 0 Å². The van der Waals surface area contributed by atoms with Gasteiger partial charge in [-0.25, -0.2) is 9.97 Å². The average Bonchev–Trinajstić information content (AvgIpc) is 3.05. The molecule has 3 rings (SSSR count). The number of nitrogens with one attached hydrogen (secondary N) is 1. The molecule has 1 aromatic heterocycles. The molecule has 0 unspecified atom stereocenters. The van der Waals surface area contributed by atoms with Gasteiger partial charge in [-0.1, -0.05) is 0 Å². The molecule has 98 valence electrons. The predicted molar refractivity (Wildman–Crippen MR) is 69.2 cm³/mol. The van der Waals surface area contributed by atoms with E-state index in [-0.39, 0.29) is 0 Å². The maximum Gasteiger partial charge on any atom is 0.160 e. The van der Waals surface area contributed by atoms with Gasteiger partial charge in [0.15, 0.2) is 5.82 Å². The van der Waals surface area contributed by atoms with E-state index in [1.54, 1.807) is 0 Å². The van der Waals surface area contributed by atoms with Gasteiger partial charge in [0, 0.05) is 31.2 Å². The van der Waals surface area contributed by atoms with Crippen molar-refractivity contribution < 1.29 is 4.74 Å². The molecule has 0 amide bonds. The predicted octanol–water partition coefficient (Wildman–Crippen LogP) is 2.23. The minimum atomic E-state index is -0.393. The molecule has 1 fully saturated rings. The standard InChI is InChI=1S/C14H21N3O/c1-4-18-14(2,3)13-16-11-8-15-7-10(11)12(17-13)9-5-6-9/h9,15H,4-8H2,1-3H3. The van der Waals surface area contributed by atoms with Crippen molar-refractivity contribution in [2.75, 3.05) is 6.61 Å². The number of fused-ring (bicyclic) bond motifs is 1. The first kappa shape index (κ1) is 12.1. The summed E-state index contributed by atoms with van der Waals surface area (Å²) in [5, 5.41) is 3.38. The van der Waals surface area contributed by atoms with E-state index in [2.05, 4.69) is 19.2 Å². The molecule has 0 atom stereocenters. The molecule has 1 saturated carbocycles. The Hall–Kier alpha value is -1.00. The Morgan fingerprint density at radius 3 is 2.72 bits per heavy atom. The summed E-state index contributed by atoms with van der Waals surface area (Å²) < 4.78 is 5.78. The Morgan fingerprint density at radius 2 is 2.06 bits per heavy atom. The van der Waals surface area contributed by atoms with Gasteiger partial charge < -0.3 is 10.1 Å². The SMILES string of the molecule is CCOC(C)(C)c1nc2c(c(C3CC3)n1)CNC2. The molecule has 0 bridgehead atoms. The lowest BCUT2D eigenvalue weighted by Crippen LogP contribution is -2.26. The number of ether oxygens (including phenoxy) is 1. The molecule has 1 aliphatic heterocycles. The van der Waals surface area contributed by atoms with Gasteiger partial charge in [-0.3, -0.25) is 0 Å². The van der Waals surface area contributed by atoms with Crippen LogP contribution in [0.25, 0.3) is 0 Å². The molecule has 0 saturated heterocycles. The van der Waals surface area contributed by atoms with E-state index in [1.807, 2.05) is 6.92 Å². The van der Waals surface area contributed by atoms with Crippen molar-refractivity contribution in [1.82, 2.24) is 15.3 Å². The van der Waals surface area contributed by atoms with Crippen LogP contribution in [-0.2, 0) is 23.4 Å². The smallest absolute Gasteiger partial charge is 0.160 e. The van der Waals surface area contributed by atoms with Gasteiger partial charge in [0.05, 0.1) is 11.4 Å². The molecule has 2 aliphatic rings. The molecule has 4 heteroatoms. The Bertz CT molecular complexity index is 466. The van der Waals surface area contributed by atoms with Crippen LogP contribution in [0.3, 0.4) is 0 Å². The third kappa shape index (κ3) is 2.04. The Balaban J connectivity index is 2.03. The number of nitrogens with zero attached hydrogens (tertiary/aromatic N) is 2. The number of aromatic nitrogens is 2. The minimum Gasteiger partial charge on any atom is -0.368 e. The van der Waals surface area contributed by atoms with E-state index >= 15 is 0 Å². The summed E-state index contributed by atoms with van der Waals surface area (Å²) >= 11 is 0. The van der Waals surface area contributed by atoms with Gasteiger partial charge >= 0.3 is 0 Å². The van der Waals surface area contributed by atoms with Crippen molar-refractivity contribution in [3.8, 4) is 0 Å². The maximum atomic E-state index is 5.78. The van der Waals surface area contributed by atoms with Crippen LogP contribution >= 0.6 is 0 Å². The van der Waals surface area contributed by atoms with Crippen molar-refractivity contribution in [2.45, 2.75) is 58.2 Å². The highest BCUT2D eigenvalue weighted by Gasteiger charge is 2.34. The highest BCUT2D eigenvalue weighted by atomic mass is 16.5. The van der Waals surface area contributed by atoms with Gasteiger partial charge in [-0.05, 0) is 33.6 Å². The molecule has 1 aromatic rings. The molecule has 0 spiro atoms. The van der Waals surface area contributed by atoms with Gasteiger partial charge in [0.25, 0.3) is 0 Å². The molecule has 0 aromatic carbocycles. The van der Waals surface area contributed by atoms with Crippen LogP contribution in [0.1, 0.15) is 62.3 Å². The Morgan fingerprint density at radius 1 is 1.28 bits per heavy atom. The monoisotopic (exact) mass is 247 g/mol. The normalized spacial score (nSPS) is 19.1. The second-order valence-corrected chi connectivity index (χ2v) is 5.68. The molecule has 1 aliphatic carbocycles. The summed E-state index contributed by atoms with van der Waals surface area (Å²) in [7, 11) is 0. The van der Waals surface area contributed by atoms with E-state index in [1.165, 1.54) is 29.8 Å². The molecule has 4 nitrogen and oxygen atoms in total. The molecular weight excluding hydrogens is 226 g/mol. The summed E-state index contributed by atoms with van der Waals surface area (Å²) in [4.78, 5) is 9.54. The second kappa shape index (κ2) is 4.28. The van der Waals surface area contributed by atoms with Crippen LogP contribution in [0.15, 0.2) is 0 Å². The minimum absolute atomic E-state index is 0.393. The first-order valence-corrected chi connectivity index (χ1v) is 6.86. The van der Waals surface area contributed by atoms with Gasteiger partial charge in [0.2, 0.25) is 0 Å². The molecule has 0 radical (unpaired) electrons. The second-order valence-electron chi connectivity index (χ2n) is 5.68.